The van der Waals surface area contributed by atoms with Crippen LogP contribution in [0.4, 0.5) is 11.8 Å². The molecular formula is C10H19N5. The minimum absolute atomic E-state index is 0.306. The van der Waals surface area contributed by atoms with Crippen LogP contribution in [0.2, 0.25) is 0 Å². The first-order valence-corrected chi connectivity index (χ1v) is 5.00. The molecule has 0 aromatic carbocycles. The van der Waals surface area contributed by atoms with E-state index in [4.69, 9.17) is 5.73 Å². The maximum absolute atomic E-state index is 5.52. The van der Waals surface area contributed by atoms with E-state index < -0.39 is 0 Å². The molecule has 0 saturated heterocycles. The van der Waals surface area contributed by atoms with Gasteiger partial charge in [-0.1, -0.05) is 0 Å². The first kappa shape index (κ1) is 11.7. The SMILES string of the molecule is Cc1cnc(N)nc1NCC(C)N(C)C. The van der Waals surface area contributed by atoms with Crippen LogP contribution in [0.3, 0.4) is 0 Å². The fourth-order valence-corrected chi connectivity index (χ4v) is 1.06. The summed E-state index contributed by atoms with van der Waals surface area (Å²) in [4.78, 5) is 10.2. The van der Waals surface area contributed by atoms with Crippen molar-refractivity contribution in [2.24, 2.45) is 0 Å². The summed E-state index contributed by atoms with van der Waals surface area (Å²) in [7, 11) is 4.10. The topological polar surface area (TPSA) is 67.1 Å². The van der Waals surface area contributed by atoms with Crippen molar-refractivity contribution in [3.05, 3.63) is 11.8 Å². The molecule has 0 saturated carbocycles. The smallest absolute Gasteiger partial charge is 0.221 e. The van der Waals surface area contributed by atoms with Gasteiger partial charge in [-0.3, -0.25) is 0 Å². The summed E-state index contributed by atoms with van der Waals surface area (Å²) < 4.78 is 0. The molecule has 0 fully saturated rings. The lowest BCUT2D eigenvalue weighted by atomic mass is 10.3. The van der Waals surface area contributed by atoms with Gasteiger partial charge in [0.2, 0.25) is 5.95 Å². The van der Waals surface area contributed by atoms with E-state index in [1.807, 2.05) is 21.0 Å². The molecule has 1 atom stereocenters. The van der Waals surface area contributed by atoms with E-state index in [1.165, 1.54) is 0 Å². The zero-order valence-electron chi connectivity index (χ0n) is 9.78. The molecule has 0 bridgehead atoms. The Kier molecular flexibility index (Phi) is 3.85. The number of aryl methyl sites for hydroxylation is 1. The van der Waals surface area contributed by atoms with Crippen molar-refractivity contribution in [1.29, 1.82) is 0 Å². The Balaban J connectivity index is 2.61. The van der Waals surface area contributed by atoms with Crippen molar-refractivity contribution in [2.45, 2.75) is 19.9 Å². The zero-order chi connectivity index (χ0) is 11.4. The van der Waals surface area contributed by atoms with E-state index in [-0.39, 0.29) is 0 Å². The Labute approximate surface area is 90.7 Å². The quantitative estimate of drug-likeness (QED) is 0.765. The molecule has 1 aromatic heterocycles. The number of nitrogens with zero attached hydrogens (tertiary/aromatic N) is 3. The normalized spacial score (nSPS) is 12.9. The number of likely N-dealkylation sites (N-methyl/N-ethyl adjacent to an activating group) is 1. The van der Waals surface area contributed by atoms with Crippen LogP contribution in [0.1, 0.15) is 12.5 Å². The first-order valence-electron chi connectivity index (χ1n) is 5.00. The first-order chi connectivity index (χ1) is 7.00. The number of nitrogen functional groups attached to an aromatic ring is 1. The third-order valence-corrected chi connectivity index (χ3v) is 2.44. The molecule has 1 rings (SSSR count). The van der Waals surface area contributed by atoms with E-state index >= 15 is 0 Å². The zero-order valence-corrected chi connectivity index (χ0v) is 9.78. The number of nitrogens with one attached hydrogen (secondary N) is 1. The molecule has 3 N–H and O–H groups in total. The van der Waals surface area contributed by atoms with Crippen LogP contribution in [0, 0.1) is 6.92 Å². The van der Waals surface area contributed by atoms with Crippen molar-refractivity contribution >= 4 is 11.8 Å². The molecule has 0 spiro atoms. The Hall–Kier alpha value is -1.36. The van der Waals surface area contributed by atoms with Crippen LogP contribution in [-0.2, 0) is 0 Å². The van der Waals surface area contributed by atoms with Gasteiger partial charge in [0, 0.05) is 24.3 Å². The predicted molar refractivity (Wildman–Crippen MR) is 62.8 cm³/mol. The van der Waals surface area contributed by atoms with E-state index in [0.717, 1.165) is 17.9 Å². The van der Waals surface area contributed by atoms with Gasteiger partial charge >= 0.3 is 0 Å². The molecule has 1 heterocycles. The van der Waals surface area contributed by atoms with Crippen LogP contribution in [0.15, 0.2) is 6.20 Å². The lowest BCUT2D eigenvalue weighted by Gasteiger charge is -2.20. The number of hydrogen-bond acceptors (Lipinski definition) is 5. The number of aromatic nitrogens is 2. The van der Waals surface area contributed by atoms with Gasteiger partial charge in [-0.15, -0.1) is 0 Å². The number of hydrogen-bond donors (Lipinski definition) is 2. The highest BCUT2D eigenvalue weighted by Gasteiger charge is 2.06. The molecule has 5 nitrogen and oxygen atoms in total. The fourth-order valence-electron chi connectivity index (χ4n) is 1.06. The minimum Gasteiger partial charge on any atom is -0.368 e. The molecule has 1 unspecified atom stereocenters. The van der Waals surface area contributed by atoms with Gasteiger partial charge in [0.25, 0.3) is 0 Å². The van der Waals surface area contributed by atoms with Gasteiger partial charge in [-0.25, -0.2) is 4.98 Å². The third kappa shape index (κ3) is 3.36. The Morgan fingerprint density at radius 3 is 2.80 bits per heavy atom. The Morgan fingerprint density at radius 1 is 1.53 bits per heavy atom. The predicted octanol–water partition coefficient (Wildman–Crippen LogP) is 0.729. The Morgan fingerprint density at radius 2 is 2.20 bits per heavy atom. The van der Waals surface area contributed by atoms with E-state index in [1.54, 1.807) is 6.20 Å². The molecule has 84 valence electrons. The highest BCUT2D eigenvalue weighted by molar-refractivity contribution is 5.45. The largest absolute Gasteiger partial charge is 0.368 e. The average molecular weight is 209 g/mol. The molecular weight excluding hydrogens is 190 g/mol. The number of anilines is 2. The second-order valence-electron chi connectivity index (χ2n) is 3.95. The van der Waals surface area contributed by atoms with E-state index in [2.05, 4.69) is 27.1 Å². The van der Waals surface area contributed by atoms with Crippen molar-refractivity contribution in [2.75, 3.05) is 31.7 Å². The fraction of sp³-hybridized carbons (Fsp3) is 0.600. The summed E-state index contributed by atoms with van der Waals surface area (Å²) in [5, 5.41) is 3.26. The van der Waals surface area contributed by atoms with Crippen molar-refractivity contribution in [3.8, 4) is 0 Å². The van der Waals surface area contributed by atoms with Gasteiger partial charge in [0.15, 0.2) is 0 Å². The van der Waals surface area contributed by atoms with Crippen LogP contribution in [-0.4, -0.2) is 41.5 Å². The van der Waals surface area contributed by atoms with Crippen molar-refractivity contribution in [1.82, 2.24) is 14.9 Å². The van der Waals surface area contributed by atoms with Crippen LogP contribution < -0.4 is 11.1 Å². The van der Waals surface area contributed by atoms with Crippen LogP contribution in [0.5, 0.6) is 0 Å². The van der Waals surface area contributed by atoms with E-state index in [0.29, 0.717) is 12.0 Å². The van der Waals surface area contributed by atoms with Crippen LogP contribution in [0.25, 0.3) is 0 Å². The minimum atomic E-state index is 0.306. The number of rotatable bonds is 4. The van der Waals surface area contributed by atoms with E-state index in [9.17, 15) is 0 Å². The monoisotopic (exact) mass is 209 g/mol. The molecule has 0 radical (unpaired) electrons. The highest BCUT2D eigenvalue weighted by Crippen LogP contribution is 2.10. The number of nitrogens with two attached hydrogens (primary N) is 1. The summed E-state index contributed by atoms with van der Waals surface area (Å²) >= 11 is 0. The maximum atomic E-state index is 5.52. The second kappa shape index (κ2) is 4.93. The van der Waals surface area contributed by atoms with Gasteiger partial charge < -0.3 is 16.0 Å². The van der Waals surface area contributed by atoms with Gasteiger partial charge in [-0.05, 0) is 27.9 Å². The highest BCUT2D eigenvalue weighted by atomic mass is 15.1. The molecule has 15 heavy (non-hydrogen) atoms. The van der Waals surface area contributed by atoms with Crippen molar-refractivity contribution < 1.29 is 0 Å². The summed E-state index contributed by atoms with van der Waals surface area (Å²) in [6.07, 6.45) is 1.73. The Bertz CT molecular complexity index is 324. The lowest BCUT2D eigenvalue weighted by molar-refractivity contribution is 0.326. The van der Waals surface area contributed by atoms with Crippen LogP contribution >= 0.6 is 0 Å². The standard InChI is InChI=1S/C10H19N5/c1-7-5-13-10(11)14-9(7)12-6-8(2)15(3)4/h5,8H,6H2,1-4H3,(H3,11,12,13,14). The van der Waals surface area contributed by atoms with Crippen molar-refractivity contribution in [3.63, 3.8) is 0 Å². The van der Waals surface area contributed by atoms with Gasteiger partial charge in [0.05, 0.1) is 0 Å². The molecule has 0 aliphatic rings. The second-order valence-corrected chi connectivity index (χ2v) is 3.95. The average Bonchev–Trinajstić information content (AvgIpc) is 2.18. The lowest BCUT2D eigenvalue weighted by Crippen LogP contribution is -2.31. The summed E-state index contributed by atoms with van der Waals surface area (Å²) in [5.41, 5.74) is 6.53. The third-order valence-electron chi connectivity index (χ3n) is 2.44. The van der Waals surface area contributed by atoms with Gasteiger partial charge in [-0.2, -0.15) is 4.98 Å². The molecule has 0 aliphatic heterocycles. The summed E-state index contributed by atoms with van der Waals surface area (Å²) in [6.45, 7) is 4.94. The summed E-state index contributed by atoms with van der Waals surface area (Å²) in [6, 6.07) is 0.445. The molecule has 1 aromatic rings. The molecule has 0 aliphatic carbocycles. The molecule has 5 heteroatoms. The summed E-state index contributed by atoms with van der Waals surface area (Å²) in [5.74, 6) is 1.12. The molecule has 0 amide bonds. The van der Waals surface area contributed by atoms with Gasteiger partial charge in [0.1, 0.15) is 5.82 Å². The maximum Gasteiger partial charge on any atom is 0.221 e.